The number of hydrogen-bond donors (Lipinski definition) is 2. The van der Waals surface area contributed by atoms with E-state index in [1.54, 1.807) is 11.0 Å². The highest BCUT2D eigenvalue weighted by molar-refractivity contribution is 7.81. The minimum absolute atomic E-state index is 0.113. The van der Waals surface area contributed by atoms with E-state index < -0.39 is 0 Å². The first-order valence-electron chi connectivity index (χ1n) is 11.5. The number of aliphatic imine (C=N–C) groups is 1. The molecule has 0 aromatic heterocycles. The summed E-state index contributed by atoms with van der Waals surface area (Å²) in [6, 6.07) is 8.45. The van der Waals surface area contributed by atoms with Gasteiger partial charge in [-0.1, -0.05) is 63.4 Å². The van der Waals surface area contributed by atoms with E-state index in [9.17, 15) is 4.79 Å². The Kier molecular flexibility index (Phi) is 13.1. The summed E-state index contributed by atoms with van der Waals surface area (Å²) in [5.41, 5.74) is 4.02. The van der Waals surface area contributed by atoms with Gasteiger partial charge in [-0.15, -0.1) is 0 Å². The van der Waals surface area contributed by atoms with E-state index in [0.717, 1.165) is 35.5 Å². The van der Waals surface area contributed by atoms with Crippen LogP contribution < -0.4 is 4.90 Å². The van der Waals surface area contributed by atoms with Gasteiger partial charge in [-0.05, 0) is 35.8 Å². The van der Waals surface area contributed by atoms with Gasteiger partial charge in [0.2, 0.25) is 5.91 Å². The molecule has 0 aliphatic carbocycles. The van der Waals surface area contributed by atoms with Gasteiger partial charge in [0.25, 0.3) is 0 Å². The lowest BCUT2D eigenvalue weighted by Gasteiger charge is -2.26. The van der Waals surface area contributed by atoms with Crippen LogP contribution in [0.4, 0.5) is 5.69 Å². The number of nitrogens with zero attached hydrogens (tertiary/aromatic N) is 3. The minimum Gasteiger partial charge on any atom is -0.375 e. The quantitative estimate of drug-likeness (QED) is 0.191. The topological polar surface area (TPSA) is 35.9 Å². The van der Waals surface area contributed by atoms with E-state index in [-0.39, 0.29) is 17.2 Å². The smallest absolute Gasteiger partial charge is 0.227 e. The van der Waals surface area contributed by atoms with Gasteiger partial charge in [0.15, 0.2) is 0 Å². The van der Waals surface area contributed by atoms with Crippen molar-refractivity contribution >= 4 is 48.6 Å². The molecule has 0 spiro atoms. The second-order valence-corrected chi connectivity index (χ2v) is 9.55. The molecule has 0 saturated carbocycles. The number of rotatable bonds is 14. The SMILES string of the molecule is C=C/C=C(\C=C)C(C)(C)C(/C=C/c1ccc(N(C)CCCN(C)C(=O)C(CS)CS)cc1)=NC. The Morgan fingerprint density at radius 3 is 2.24 bits per heavy atom. The molecular weight excluding hydrogens is 458 g/mol. The molecule has 186 valence electrons. The van der Waals surface area contributed by atoms with Crippen molar-refractivity contribution in [1.29, 1.82) is 0 Å². The van der Waals surface area contributed by atoms with Crippen LogP contribution in [0, 0.1) is 11.3 Å². The molecule has 0 bridgehead atoms. The van der Waals surface area contributed by atoms with E-state index in [1.165, 1.54) is 0 Å². The van der Waals surface area contributed by atoms with E-state index in [2.05, 4.69) is 106 Å². The van der Waals surface area contributed by atoms with Crippen molar-refractivity contribution in [3.05, 3.63) is 72.9 Å². The third kappa shape index (κ3) is 8.55. The molecule has 1 aromatic carbocycles. The molecule has 34 heavy (non-hydrogen) atoms. The van der Waals surface area contributed by atoms with E-state index in [1.807, 2.05) is 26.2 Å². The predicted molar refractivity (Wildman–Crippen MR) is 158 cm³/mol. The molecule has 0 fully saturated rings. The Bertz CT molecular complexity index is 897. The average Bonchev–Trinajstić information content (AvgIpc) is 2.83. The van der Waals surface area contributed by atoms with E-state index >= 15 is 0 Å². The molecule has 0 heterocycles. The van der Waals surface area contributed by atoms with Crippen LogP contribution in [0.1, 0.15) is 25.8 Å². The van der Waals surface area contributed by atoms with Crippen molar-refractivity contribution in [3.8, 4) is 0 Å². The predicted octanol–water partition coefficient (Wildman–Crippen LogP) is 5.86. The number of anilines is 1. The molecule has 4 nitrogen and oxygen atoms in total. The van der Waals surface area contributed by atoms with Crippen LogP contribution in [0.5, 0.6) is 0 Å². The highest BCUT2D eigenvalue weighted by Gasteiger charge is 2.25. The molecule has 1 rings (SSSR count). The van der Waals surface area contributed by atoms with Crippen LogP contribution in [0.25, 0.3) is 6.08 Å². The molecular formula is C28H41N3OS2. The first-order valence-corrected chi connectivity index (χ1v) is 12.8. The Labute approximate surface area is 218 Å². The maximum atomic E-state index is 12.4. The molecule has 1 aromatic rings. The number of carbonyl (C=O) groups excluding carboxylic acids is 1. The Morgan fingerprint density at radius 2 is 1.74 bits per heavy atom. The van der Waals surface area contributed by atoms with Crippen molar-refractivity contribution in [2.45, 2.75) is 20.3 Å². The van der Waals surface area contributed by atoms with Crippen molar-refractivity contribution in [1.82, 2.24) is 4.90 Å². The summed E-state index contributed by atoms with van der Waals surface area (Å²) >= 11 is 8.50. The highest BCUT2D eigenvalue weighted by atomic mass is 32.1. The van der Waals surface area contributed by atoms with Crippen molar-refractivity contribution < 1.29 is 4.79 Å². The molecule has 0 unspecified atom stereocenters. The third-order valence-electron chi connectivity index (χ3n) is 6.04. The molecule has 0 aliphatic heterocycles. The van der Waals surface area contributed by atoms with Crippen LogP contribution >= 0.6 is 25.3 Å². The second kappa shape index (κ2) is 14.9. The molecule has 6 heteroatoms. The lowest BCUT2D eigenvalue weighted by molar-refractivity contribution is -0.132. The highest BCUT2D eigenvalue weighted by Crippen LogP contribution is 2.30. The fourth-order valence-corrected chi connectivity index (χ4v) is 4.47. The fourth-order valence-electron chi connectivity index (χ4n) is 3.69. The fraction of sp³-hybridized carbons (Fsp3) is 0.429. The number of amides is 1. The lowest BCUT2D eigenvalue weighted by Crippen LogP contribution is -2.36. The molecule has 0 saturated heterocycles. The minimum atomic E-state index is -0.268. The first-order chi connectivity index (χ1) is 16.2. The van der Waals surface area contributed by atoms with E-state index in [4.69, 9.17) is 0 Å². The van der Waals surface area contributed by atoms with Crippen molar-refractivity contribution in [2.75, 3.05) is 50.6 Å². The maximum Gasteiger partial charge on any atom is 0.227 e. The zero-order valence-corrected chi connectivity index (χ0v) is 23.2. The number of thiol groups is 2. The van der Waals surface area contributed by atoms with Gasteiger partial charge in [-0.2, -0.15) is 25.3 Å². The van der Waals surface area contributed by atoms with Gasteiger partial charge in [-0.3, -0.25) is 9.79 Å². The number of allylic oxidation sites excluding steroid dienone is 5. The Hall–Kier alpha value is -2.18. The Balaban J connectivity index is 2.75. The zero-order valence-electron chi connectivity index (χ0n) is 21.4. The molecule has 0 atom stereocenters. The van der Waals surface area contributed by atoms with Crippen LogP contribution in [-0.2, 0) is 4.79 Å². The summed E-state index contributed by atoms with van der Waals surface area (Å²) in [4.78, 5) is 20.9. The van der Waals surface area contributed by atoms with E-state index in [0.29, 0.717) is 18.1 Å². The zero-order chi connectivity index (χ0) is 25.7. The summed E-state index contributed by atoms with van der Waals surface area (Å²) in [5.74, 6) is 1.04. The van der Waals surface area contributed by atoms with Crippen LogP contribution in [0.3, 0.4) is 0 Å². The van der Waals surface area contributed by atoms with Gasteiger partial charge < -0.3 is 9.80 Å². The average molecular weight is 500 g/mol. The van der Waals surface area contributed by atoms with Gasteiger partial charge in [0, 0.05) is 62.6 Å². The number of hydrogen-bond acceptors (Lipinski definition) is 5. The summed E-state index contributed by atoms with van der Waals surface area (Å²) in [6.07, 6.45) is 10.7. The summed E-state index contributed by atoms with van der Waals surface area (Å²) in [6.45, 7) is 13.6. The maximum absolute atomic E-state index is 12.4. The second-order valence-electron chi connectivity index (χ2n) is 8.82. The van der Waals surface area contributed by atoms with Crippen LogP contribution in [0.2, 0.25) is 0 Å². The van der Waals surface area contributed by atoms with Crippen LogP contribution in [0.15, 0.2) is 72.3 Å². The van der Waals surface area contributed by atoms with Gasteiger partial charge >= 0.3 is 0 Å². The van der Waals surface area contributed by atoms with Crippen LogP contribution in [-0.4, -0.2) is 62.3 Å². The monoisotopic (exact) mass is 499 g/mol. The summed E-state index contributed by atoms with van der Waals surface area (Å²) < 4.78 is 0. The molecule has 0 aliphatic rings. The van der Waals surface area contributed by atoms with Gasteiger partial charge in [0.1, 0.15) is 0 Å². The number of carbonyl (C=O) groups is 1. The largest absolute Gasteiger partial charge is 0.375 e. The summed E-state index contributed by atoms with van der Waals surface area (Å²) in [7, 11) is 5.74. The molecule has 0 radical (unpaired) electrons. The Morgan fingerprint density at radius 1 is 1.12 bits per heavy atom. The number of benzene rings is 1. The summed E-state index contributed by atoms with van der Waals surface area (Å²) in [5, 5.41) is 0. The van der Waals surface area contributed by atoms with Crippen molar-refractivity contribution in [2.24, 2.45) is 16.3 Å². The lowest BCUT2D eigenvalue weighted by atomic mass is 9.78. The molecule has 0 N–H and O–H groups in total. The standard InChI is InChI=1S/C28H41N3OS2/c1-8-11-24(9-2)28(3,4)26(29-5)17-14-22-12-15-25(16-13-22)30(6)18-10-19-31(7)27(32)23(20-33)21-34/h8-9,11-17,23,33-34H,1-2,10,18-21H2,3-7H3/b17-14+,24-11+,29-26?. The first kappa shape index (κ1) is 29.9. The molecule has 1 amide bonds. The normalized spacial score (nSPS) is 12.8. The van der Waals surface area contributed by atoms with Gasteiger partial charge in [0.05, 0.1) is 5.92 Å². The third-order valence-corrected chi connectivity index (χ3v) is 6.92. The van der Waals surface area contributed by atoms with Crippen molar-refractivity contribution in [3.63, 3.8) is 0 Å². The van der Waals surface area contributed by atoms with Gasteiger partial charge in [-0.25, -0.2) is 0 Å².